The van der Waals surface area contributed by atoms with E-state index >= 15 is 0 Å². The Bertz CT molecular complexity index is 1020. The van der Waals surface area contributed by atoms with E-state index in [0.29, 0.717) is 0 Å². The number of carbonyl (C=O) groups is 1. The maximum absolute atomic E-state index is 12.8. The van der Waals surface area contributed by atoms with Crippen molar-refractivity contribution >= 4 is 23.4 Å². The summed E-state index contributed by atoms with van der Waals surface area (Å²) in [6.07, 6.45) is -0.898. The SMILES string of the molecule is CC1=CC(C)(C)N(C)c2ccc(/C=N/NC(=O)Cc3cccc(C(F)(F)F)c3)cc21. The van der Waals surface area contributed by atoms with Crippen LogP contribution in [0.2, 0.25) is 0 Å². The molecule has 2 aromatic rings. The normalized spacial score (nSPS) is 15.7. The lowest BCUT2D eigenvalue weighted by Gasteiger charge is -2.40. The predicted molar refractivity (Wildman–Crippen MR) is 113 cm³/mol. The summed E-state index contributed by atoms with van der Waals surface area (Å²) in [6.45, 7) is 6.36. The number of nitrogens with one attached hydrogen (secondary N) is 1. The zero-order valence-electron chi connectivity index (χ0n) is 17.3. The minimum Gasteiger partial charge on any atom is -0.366 e. The minimum absolute atomic E-state index is 0.0793. The van der Waals surface area contributed by atoms with E-state index < -0.39 is 17.6 Å². The fourth-order valence-electron chi connectivity index (χ4n) is 3.52. The van der Waals surface area contributed by atoms with E-state index in [9.17, 15) is 18.0 Å². The molecule has 0 fully saturated rings. The molecular formula is C23H24F3N3O. The van der Waals surface area contributed by atoms with Gasteiger partial charge in [0.2, 0.25) is 5.91 Å². The zero-order valence-corrected chi connectivity index (χ0v) is 17.3. The van der Waals surface area contributed by atoms with E-state index in [1.165, 1.54) is 18.3 Å². The Labute approximate surface area is 174 Å². The number of hydrogen-bond acceptors (Lipinski definition) is 3. The molecule has 0 spiro atoms. The van der Waals surface area contributed by atoms with Gasteiger partial charge in [0.1, 0.15) is 0 Å². The van der Waals surface area contributed by atoms with Crippen molar-refractivity contribution in [2.45, 2.75) is 38.9 Å². The lowest BCUT2D eigenvalue weighted by atomic mass is 9.89. The molecule has 1 N–H and O–H groups in total. The van der Waals surface area contributed by atoms with Crippen LogP contribution in [0.4, 0.5) is 18.9 Å². The third-order valence-corrected chi connectivity index (χ3v) is 5.26. The summed E-state index contributed by atoms with van der Waals surface area (Å²) >= 11 is 0. The molecule has 1 aliphatic rings. The third kappa shape index (κ3) is 4.72. The Kier molecular flexibility index (Phi) is 5.74. The summed E-state index contributed by atoms with van der Waals surface area (Å²) in [4.78, 5) is 14.2. The molecule has 4 nitrogen and oxygen atoms in total. The fraction of sp³-hybridized carbons (Fsp3) is 0.304. The van der Waals surface area contributed by atoms with Crippen molar-refractivity contribution in [3.05, 3.63) is 70.8 Å². The van der Waals surface area contributed by atoms with Crippen molar-refractivity contribution in [3.63, 3.8) is 0 Å². The Morgan fingerprint density at radius 1 is 1.20 bits per heavy atom. The Morgan fingerprint density at radius 2 is 1.93 bits per heavy atom. The standard InChI is InChI=1S/C23H24F3N3O/c1-15-13-22(2,3)29(4)20-9-8-17(11-19(15)20)14-27-28-21(30)12-16-6-5-7-18(10-16)23(24,25)26/h5-11,13-14H,12H2,1-4H3,(H,28,30)/b27-14+. The maximum Gasteiger partial charge on any atom is 0.416 e. The van der Waals surface area contributed by atoms with Gasteiger partial charge in [-0.05, 0) is 55.7 Å². The van der Waals surface area contributed by atoms with Gasteiger partial charge in [-0.2, -0.15) is 18.3 Å². The van der Waals surface area contributed by atoms with E-state index in [-0.39, 0.29) is 17.5 Å². The van der Waals surface area contributed by atoms with Crippen LogP contribution in [0.25, 0.3) is 5.57 Å². The van der Waals surface area contributed by atoms with Crippen LogP contribution in [0, 0.1) is 0 Å². The van der Waals surface area contributed by atoms with Gasteiger partial charge < -0.3 is 4.90 Å². The highest BCUT2D eigenvalue weighted by Crippen LogP contribution is 2.37. The number of alkyl halides is 3. The highest BCUT2D eigenvalue weighted by molar-refractivity contribution is 5.88. The molecule has 0 unspecified atom stereocenters. The Hall–Kier alpha value is -3.09. The topological polar surface area (TPSA) is 44.7 Å². The number of nitrogens with zero attached hydrogens (tertiary/aromatic N) is 2. The minimum atomic E-state index is -4.44. The molecule has 1 aliphatic heterocycles. The van der Waals surface area contributed by atoms with Gasteiger partial charge >= 0.3 is 6.18 Å². The highest BCUT2D eigenvalue weighted by atomic mass is 19.4. The lowest BCUT2D eigenvalue weighted by Crippen LogP contribution is -2.42. The average Bonchev–Trinajstić information content (AvgIpc) is 2.65. The van der Waals surface area contributed by atoms with Crippen LogP contribution >= 0.6 is 0 Å². The Morgan fingerprint density at radius 3 is 2.63 bits per heavy atom. The van der Waals surface area contributed by atoms with E-state index in [0.717, 1.165) is 34.5 Å². The molecule has 0 saturated heterocycles. The molecule has 158 valence electrons. The molecule has 0 bridgehead atoms. The fourth-order valence-corrected chi connectivity index (χ4v) is 3.52. The second-order valence-electron chi connectivity index (χ2n) is 7.98. The number of fused-ring (bicyclic) bond motifs is 1. The van der Waals surface area contributed by atoms with E-state index in [4.69, 9.17) is 0 Å². The van der Waals surface area contributed by atoms with Gasteiger partial charge in [0.05, 0.1) is 23.7 Å². The molecule has 7 heteroatoms. The number of anilines is 1. The average molecular weight is 415 g/mol. The van der Waals surface area contributed by atoms with Gasteiger partial charge in [-0.25, -0.2) is 5.43 Å². The molecule has 1 amide bonds. The first kappa shape index (κ1) is 21.6. The Balaban J connectivity index is 1.67. The third-order valence-electron chi connectivity index (χ3n) is 5.26. The molecular weight excluding hydrogens is 391 g/mol. The number of amides is 1. The van der Waals surface area contributed by atoms with Gasteiger partial charge in [-0.3, -0.25) is 4.79 Å². The van der Waals surface area contributed by atoms with Gasteiger partial charge in [-0.1, -0.05) is 30.3 Å². The lowest BCUT2D eigenvalue weighted by molar-refractivity contribution is -0.137. The smallest absolute Gasteiger partial charge is 0.366 e. The number of carbonyl (C=O) groups excluding carboxylic acids is 1. The first-order valence-corrected chi connectivity index (χ1v) is 9.53. The van der Waals surface area contributed by atoms with Crippen LogP contribution in [-0.4, -0.2) is 24.7 Å². The number of benzene rings is 2. The zero-order chi connectivity index (χ0) is 22.1. The van der Waals surface area contributed by atoms with Gasteiger partial charge in [-0.15, -0.1) is 0 Å². The number of allylic oxidation sites excluding steroid dienone is 1. The van der Waals surface area contributed by atoms with Crippen molar-refractivity contribution in [1.29, 1.82) is 0 Å². The van der Waals surface area contributed by atoms with E-state index in [1.807, 2.05) is 25.2 Å². The highest BCUT2D eigenvalue weighted by Gasteiger charge is 2.30. The predicted octanol–water partition coefficient (Wildman–Crippen LogP) is 5.03. The number of halogens is 3. The quantitative estimate of drug-likeness (QED) is 0.562. The number of rotatable bonds is 4. The second kappa shape index (κ2) is 7.97. The van der Waals surface area contributed by atoms with Crippen molar-refractivity contribution in [1.82, 2.24) is 5.43 Å². The van der Waals surface area contributed by atoms with Crippen molar-refractivity contribution in [3.8, 4) is 0 Å². The summed E-state index contributed by atoms with van der Waals surface area (Å²) in [5, 5.41) is 3.95. The summed E-state index contributed by atoms with van der Waals surface area (Å²) in [5.74, 6) is -0.485. The molecule has 30 heavy (non-hydrogen) atoms. The first-order chi connectivity index (χ1) is 14.0. The van der Waals surface area contributed by atoms with Gasteiger partial charge in [0, 0.05) is 18.3 Å². The number of hydrazone groups is 1. The van der Waals surface area contributed by atoms with Crippen molar-refractivity contribution in [2.24, 2.45) is 5.10 Å². The van der Waals surface area contributed by atoms with Crippen LogP contribution < -0.4 is 10.3 Å². The summed E-state index contributed by atoms with van der Waals surface area (Å²) < 4.78 is 38.3. The maximum atomic E-state index is 12.8. The summed E-state index contributed by atoms with van der Waals surface area (Å²) in [6, 6.07) is 10.6. The second-order valence-corrected chi connectivity index (χ2v) is 7.98. The van der Waals surface area contributed by atoms with Gasteiger partial charge in [0.25, 0.3) is 0 Å². The first-order valence-electron chi connectivity index (χ1n) is 9.53. The van der Waals surface area contributed by atoms with Crippen LogP contribution in [0.5, 0.6) is 0 Å². The summed E-state index contributed by atoms with van der Waals surface area (Å²) in [5.41, 5.74) is 5.98. The number of hydrogen-bond donors (Lipinski definition) is 1. The molecule has 2 aromatic carbocycles. The molecule has 0 aliphatic carbocycles. The molecule has 0 radical (unpaired) electrons. The van der Waals surface area contributed by atoms with E-state index in [1.54, 1.807) is 0 Å². The largest absolute Gasteiger partial charge is 0.416 e. The molecule has 0 atom stereocenters. The van der Waals surface area contributed by atoms with Crippen LogP contribution in [0.15, 0.2) is 53.6 Å². The van der Waals surface area contributed by atoms with Crippen LogP contribution in [0.3, 0.4) is 0 Å². The van der Waals surface area contributed by atoms with Gasteiger partial charge in [0.15, 0.2) is 0 Å². The molecule has 1 heterocycles. The molecule has 0 saturated carbocycles. The molecule has 0 aromatic heterocycles. The van der Waals surface area contributed by atoms with E-state index in [2.05, 4.69) is 42.3 Å². The van der Waals surface area contributed by atoms with Crippen LogP contribution in [0.1, 0.15) is 43.0 Å². The monoisotopic (exact) mass is 415 g/mol. The number of likely N-dealkylation sites (N-methyl/N-ethyl adjacent to an activating group) is 1. The summed E-state index contributed by atoms with van der Waals surface area (Å²) in [7, 11) is 2.05. The van der Waals surface area contributed by atoms with Crippen molar-refractivity contribution < 1.29 is 18.0 Å². The van der Waals surface area contributed by atoms with Crippen molar-refractivity contribution in [2.75, 3.05) is 11.9 Å². The molecule has 3 rings (SSSR count). The van der Waals surface area contributed by atoms with Crippen LogP contribution in [-0.2, 0) is 17.4 Å².